The normalized spacial score (nSPS) is 17.8. The molecule has 0 saturated carbocycles. The van der Waals surface area contributed by atoms with Crippen LogP contribution in [0.4, 0.5) is 4.79 Å². The summed E-state index contributed by atoms with van der Waals surface area (Å²) in [6, 6.07) is 10.2. The second kappa shape index (κ2) is 9.44. The van der Waals surface area contributed by atoms with Gasteiger partial charge in [0.15, 0.2) is 0 Å². The maximum Gasteiger partial charge on any atom is 0.338 e. The predicted octanol–water partition coefficient (Wildman–Crippen LogP) is 3.78. The summed E-state index contributed by atoms with van der Waals surface area (Å²) in [5.41, 5.74) is 0.909. The Balaban J connectivity index is 1.50. The van der Waals surface area contributed by atoms with Crippen LogP contribution in [0.2, 0.25) is 0 Å². The zero-order valence-electron chi connectivity index (χ0n) is 17.5. The molecule has 2 aliphatic rings. The zero-order valence-corrected chi connectivity index (χ0v) is 18.4. The Morgan fingerprint density at radius 2 is 1.84 bits per heavy atom. The van der Waals surface area contributed by atoms with Gasteiger partial charge in [-0.05, 0) is 49.2 Å². The number of piperidine rings is 1. The highest BCUT2D eigenvalue weighted by Gasteiger charge is 2.37. The van der Waals surface area contributed by atoms with Gasteiger partial charge in [-0.3, -0.25) is 19.3 Å². The molecule has 3 amide bonds. The van der Waals surface area contributed by atoms with Crippen LogP contribution in [0.25, 0.3) is 17.4 Å². The van der Waals surface area contributed by atoms with Crippen molar-refractivity contribution in [2.75, 3.05) is 26.7 Å². The largest absolute Gasteiger partial charge is 0.465 e. The van der Waals surface area contributed by atoms with Gasteiger partial charge in [-0.1, -0.05) is 18.2 Å². The number of esters is 1. The fourth-order valence-corrected chi connectivity index (χ4v) is 4.52. The van der Waals surface area contributed by atoms with E-state index >= 15 is 0 Å². The van der Waals surface area contributed by atoms with E-state index in [1.807, 2.05) is 0 Å². The summed E-state index contributed by atoms with van der Waals surface area (Å²) in [6.45, 7) is 1.07. The number of hydrogen-bond acceptors (Lipinski definition) is 7. The molecule has 2 saturated heterocycles. The Labute approximate surface area is 189 Å². The number of nitrogens with zero attached hydrogens (tertiary/aromatic N) is 2. The van der Waals surface area contributed by atoms with E-state index in [1.165, 1.54) is 13.2 Å². The number of imide groups is 1. The topological polar surface area (TPSA) is 97.1 Å². The number of furan rings is 1. The number of benzene rings is 1. The van der Waals surface area contributed by atoms with Crippen molar-refractivity contribution in [2.24, 2.45) is 0 Å². The molecule has 4 rings (SSSR count). The van der Waals surface area contributed by atoms with Crippen molar-refractivity contribution in [3.63, 3.8) is 0 Å². The fourth-order valence-electron chi connectivity index (χ4n) is 3.71. The van der Waals surface area contributed by atoms with E-state index in [2.05, 4.69) is 0 Å². The van der Waals surface area contributed by atoms with E-state index in [-0.39, 0.29) is 17.4 Å². The Morgan fingerprint density at radius 1 is 1.09 bits per heavy atom. The van der Waals surface area contributed by atoms with Crippen LogP contribution in [0.3, 0.4) is 0 Å². The fraction of sp³-hybridized carbons (Fsp3) is 0.304. The van der Waals surface area contributed by atoms with E-state index in [1.54, 1.807) is 41.3 Å². The lowest BCUT2D eigenvalue weighted by molar-refractivity contribution is -0.136. The lowest BCUT2D eigenvalue weighted by Crippen LogP contribution is -2.44. The van der Waals surface area contributed by atoms with Crippen LogP contribution in [0.1, 0.15) is 35.4 Å². The molecule has 8 nitrogen and oxygen atoms in total. The number of carbonyl (C=O) groups excluding carboxylic acids is 4. The monoisotopic (exact) mass is 454 g/mol. The van der Waals surface area contributed by atoms with Crippen LogP contribution < -0.4 is 0 Å². The van der Waals surface area contributed by atoms with Crippen molar-refractivity contribution in [2.45, 2.75) is 19.3 Å². The number of methoxy groups -OCH3 is 1. The van der Waals surface area contributed by atoms with Gasteiger partial charge < -0.3 is 14.1 Å². The quantitative estimate of drug-likeness (QED) is 0.501. The third kappa shape index (κ3) is 4.47. The van der Waals surface area contributed by atoms with Crippen LogP contribution in [-0.2, 0) is 14.3 Å². The molecule has 166 valence electrons. The van der Waals surface area contributed by atoms with Gasteiger partial charge in [-0.15, -0.1) is 0 Å². The van der Waals surface area contributed by atoms with Crippen molar-refractivity contribution >= 4 is 40.9 Å². The Morgan fingerprint density at radius 3 is 2.59 bits per heavy atom. The number of ether oxygens (including phenoxy) is 1. The van der Waals surface area contributed by atoms with Crippen molar-refractivity contribution in [3.05, 3.63) is 52.6 Å². The van der Waals surface area contributed by atoms with Crippen molar-refractivity contribution in [3.8, 4) is 11.3 Å². The smallest absolute Gasteiger partial charge is 0.338 e. The van der Waals surface area contributed by atoms with Gasteiger partial charge >= 0.3 is 5.97 Å². The third-order valence-corrected chi connectivity index (χ3v) is 6.28. The SMILES string of the molecule is COC(=O)c1ccccc1-c1ccc(/C=C2\SC(=O)N(CC(=O)N3CCCCC3)C2=O)o1. The Bertz CT molecular complexity index is 1100. The number of carbonyl (C=O) groups is 4. The van der Waals surface area contributed by atoms with Gasteiger partial charge in [0.1, 0.15) is 18.1 Å². The molecule has 2 aliphatic heterocycles. The highest BCUT2D eigenvalue weighted by atomic mass is 32.2. The standard InChI is InChI=1S/C23H22N2O6S/c1-30-22(28)17-8-4-3-7-16(17)18-10-9-15(31-18)13-19-21(27)25(23(29)32-19)14-20(26)24-11-5-2-6-12-24/h3-4,7-10,13H,2,5-6,11-12,14H2,1H3/b19-13-. The Kier molecular flexibility index (Phi) is 6.45. The third-order valence-electron chi connectivity index (χ3n) is 5.37. The van der Waals surface area contributed by atoms with E-state index in [4.69, 9.17) is 9.15 Å². The summed E-state index contributed by atoms with van der Waals surface area (Å²) in [7, 11) is 1.30. The molecule has 3 heterocycles. The number of thioether (sulfide) groups is 1. The molecule has 0 radical (unpaired) electrons. The first-order chi connectivity index (χ1) is 15.5. The molecular formula is C23H22N2O6S. The van der Waals surface area contributed by atoms with Gasteiger partial charge in [0.2, 0.25) is 5.91 Å². The van der Waals surface area contributed by atoms with Crippen molar-refractivity contribution < 1.29 is 28.3 Å². The van der Waals surface area contributed by atoms with Crippen LogP contribution in [-0.4, -0.2) is 59.6 Å². The number of rotatable bonds is 5. The number of likely N-dealkylation sites (tertiary alicyclic amines) is 1. The number of hydrogen-bond donors (Lipinski definition) is 0. The van der Waals surface area contributed by atoms with E-state index in [9.17, 15) is 19.2 Å². The molecule has 1 aromatic carbocycles. The summed E-state index contributed by atoms with van der Waals surface area (Å²) in [5.74, 6) is -0.437. The first-order valence-electron chi connectivity index (χ1n) is 10.3. The van der Waals surface area contributed by atoms with Gasteiger partial charge in [-0.2, -0.15) is 0 Å². The minimum atomic E-state index is -0.515. The van der Waals surface area contributed by atoms with E-state index in [0.717, 1.165) is 35.9 Å². The lowest BCUT2D eigenvalue weighted by Gasteiger charge is -2.27. The summed E-state index contributed by atoms with van der Waals surface area (Å²) in [6.07, 6.45) is 4.44. The van der Waals surface area contributed by atoms with Gasteiger partial charge in [0.25, 0.3) is 11.1 Å². The second-order valence-electron chi connectivity index (χ2n) is 7.45. The van der Waals surface area contributed by atoms with Crippen LogP contribution >= 0.6 is 11.8 Å². The van der Waals surface area contributed by atoms with Crippen LogP contribution in [0.15, 0.2) is 45.7 Å². The van der Waals surface area contributed by atoms with Crippen molar-refractivity contribution in [1.82, 2.24) is 9.80 Å². The average molecular weight is 455 g/mol. The summed E-state index contributed by atoms with van der Waals surface area (Å²) in [4.78, 5) is 52.4. The molecule has 32 heavy (non-hydrogen) atoms. The molecule has 0 unspecified atom stereocenters. The molecular weight excluding hydrogens is 432 g/mol. The summed E-state index contributed by atoms with van der Waals surface area (Å²) < 4.78 is 10.6. The van der Waals surface area contributed by atoms with E-state index < -0.39 is 17.1 Å². The van der Waals surface area contributed by atoms with Gasteiger partial charge in [0, 0.05) is 24.7 Å². The molecule has 9 heteroatoms. The van der Waals surface area contributed by atoms with Crippen molar-refractivity contribution in [1.29, 1.82) is 0 Å². The molecule has 0 bridgehead atoms. The second-order valence-corrected chi connectivity index (χ2v) is 8.44. The van der Waals surface area contributed by atoms with Crippen LogP contribution in [0.5, 0.6) is 0 Å². The highest BCUT2D eigenvalue weighted by molar-refractivity contribution is 8.18. The molecule has 0 aliphatic carbocycles. The molecule has 0 N–H and O–H groups in total. The maximum atomic E-state index is 12.7. The van der Waals surface area contributed by atoms with E-state index in [0.29, 0.717) is 35.7 Å². The number of amides is 3. The first kappa shape index (κ1) is 21.9. The van der Waals surface area contributed by atoms with Gasteiger partial charge in [-0.25, -0.2) is 4.79 Å². The minimum absolute atomic E-state index is 0.184. The molecule has 0 atom stereocenters. The summed E-state index contributed by atoms with van der Waals surface area (Å²) >= 11 is 0.776. The minimum Gasteiger partial charge on any atom is -0.465 e. The zero-order chi connectivity index (χ0) is 22.7. The summed E-state index contributed by atoms with van der Waals surface area (Å²) in [5, 5.41) is -0.477. The van der Waals surface area contributed by atoms with Crippen LogP contribution in [0, 0.1) is 0 Å². The van der Waals surface area contributed by atoms with Gasteiger partial charge in [0.05, 0.1) is 17.6 Å². The molecule has 0 spiro atoms. The molecule has 2 fully saturated rings. The first-order valence-corrected chi connectivity index (χ1v) is 11.1. The molecule has 2 aromatic rings. The molecule has 1 aromatic heterocycles. The lowest BCUT2D eigenvalue weighted by atomic mass is 10.1. The average Bonchev–Trinajstić information content (AvgIpc) is 3.39. The highest BCUT2D eigenvalue weighted by Crippen LogP contribution is 2.34. The predicted molar refractivity (Wildman–Crippen MR) is 119 cm³/mol. The Hall–Kier alpha value is -3.33. The maximum absolute atomic E-state index is 12.7.